The summed E-state index contributed by atoms with van der Waals surface area (Å²) in [6, 6.07) is 4.27. The first-order chi connectivity index (χ1) is 6.66. The SMILES string of the molecule is Cc1cc2cc(CCCN(C)C)c1o2. The summed E-state index contributed by atoms with van der Waals surface area (Å²) in [7, 11) is 4.22. The average Bonchev–Trinajstić information content (AvgIpc) is 2.61. The zero-order chi connectivity index (χ0) is 10.1. The number of rotatable bonds is 4. The van der Waals surface area contributed by atoms with Crippen LogP contribution in [0.15, 0.2) is 16.5 Å². The van der Waals surface area contributed by atoms with Crippen molar-refractivity contribution in [1.82, 2.24) is 4.90 Å². The minimum atomic E-state index is 1.03. The largest absolute Gasteiger partial charge is 0.457 e. The molecule has 0 aliphatic rings. The van der Waals surface area contributed by atoms with Crippen molar-refractivity contribution in [3.05, 3.63) is 23.3 Å². The molecule has 76 valence electrons. The van der Waals surface area contributed by atoms with Crippen molar-refractivity contribution in [3.63, 3.8) is 0 Å². The van der Waals surface area contributed by atoms with Crippen LogP contribution in [0.2, 0.25) is 0 Å². The summed E-state index contributed by atoms with van der Waals surface area (Å²) in [6.45, 7) is 3.25. The number of hydrogen-bond donors (Lipinski definition) is 0. The summed E-state index contributed by atoms with van der Waals surface area (Å²) in [6.07, 6.45) is 2.33. The van der Waals surface area contributed by atoms with Gasteiger partial charge in [0.1, 0.15) is 11.2 Å². The predicted molar refractivity (Wildman–Crippen MR) is 59.0 cm³/mol. The average molecular weight is 191 g/mol. The first-order valence-corrected chi connectivity index (χ1v) is 5.13. The predicted octanol–water partition coefficient (Wildman–Crippen LogP) is 2.67. The summed E-state index contributed by atoms with van der Waals surface area (Å²) in [5.74, 6) is 0. The molecule has 0 saturated carbocycles. The third-order valence-corrected chi connectivity index (χ3v) is 2.60. The summed E-state index contributed by atoms with van der Waals surface area (Å²) in [4.78, 5) is 2.22. The van der Waals surface area contributed by atoms with E-state index in [1.54, 1.807) is 0 Å². The highest BCUT2D eigenvalue weighted by molar-refractivity contribution is 5.70. The quantitative estimate of drug-likeness (QED) is 0.738. The van der Waals surface area contributed by atoms with Gasteiger partial charge in [0.25, 0.3) is 0 Å². The summed E-state index contributed by atoms with van der Waals surface area (Å²) in [5, 5.41) is 0. The highest BCUT2D eigenvalue weighted by Gasteiger charge is 2.10. The normalized spacial score (nSPS) is 12.0. The monoisotopic (exact) mass is 191 g/mol. The van der Waals surface area contributed by atoms with Gasteiger partial charge in [-0.05, 0) is 63.7 Å². The second kappa shape index (κ2) is 3.62. The van der Waals surface area contributed by atoms with Crippen LogP contribution in [0.3, 0.4) is 0 Å². The first-order valence-electron chi connectivity index (χ1n) is 5.13. The third-order valence-electron chi connectivity index (χ3n) is 2.60. The maximum atomic E-state index is 5.59. The van der Waals surface area contributed by atoms with Gasteiger partial charge in [0, 0.05) is 0 Å². The van der Waals surface area contributed by atoms with Crippen LogP contribution in [0.25, 0.3) is 11.2 Å². The zero-order valence-electron chi connectivity index (χ0n) is 9.13. The third kappa shape index (κ3) is 1.75. The molecular formula is C12H17NO. The number of benzene rings is 1. The molecule has 2 bridgehead atoms. The minimum Gasteiger partial charge on any atom is -0.457 e. The molecule has 0 aromatic carbocycles. The van der Waals surface area contributed by atoms with E-state index in [0.29, 0.717) is 0 Å². The van der Waals surface area contributed by atoms with E-state index in [2.05, 4.69) is 38.1 Å². The van der Waals surface area contributed by atoms with E-state index in [-0.39, 0.29) is 0 Å². The van der Waals surface area contributed by atoms with Gasteiger partial charge < -0.3 is 9.32 Å². The fraction of sp³-hybridized carbons (Fsp3) is 0.500. The molecule has 14 heavy (non-hydrogen) atoms. The van der Waals surface area contributed by atoms with Gasteiger partial charge in [-0.15, -0.1) is 0 Å². The standard InChI is InChI=1S/C12H17NO/c1-9-7-11-8-10(12(9)14-11)5-4-6-13(2)3/h7-8H,4-6H2,1-3H3. The Labute approximate surface area is 84.8 Å². The fourth-order valence-electron chi connectivity index (χ4n) is 1.91. The smallest absolute Gasteiger partial charge is 0.133 e. The molecule has 0 amide bonds. The summed E-state index contributed by atoms with van der Waals surface area (Å²) < 4.78 is 5.59. The van der Waals surface area contributed by atoms with Gasteiger partial charge in [-0.2, -0.15) is 0 Å². The topological polar surface area (TPSA) is 16.4 Å². The molecule has 2 heteroatoms. The maximum absolute atomic E-state index is 5.59. The molecule has 0 unspecified atom stereocenters. The van der Waals surface area contributed by atoms with Crippen LogP contribution >= 0.6 is 0 Å². The van der Waals surface area contributed by atoms with Gasteiger partial charge in [-0.3, -0.25) is 0 Å². The lowest BCUT2D eigenvalue weighted by Gasteiger charge is -2.08. The summed E-state index contributed by atoms with van der Waals surface area (Å²) in [5.41, 5.74) is 4.79. The Bertz CT molecular complexity index is 402. The first kappa shape index (κ1) is 9.53. The van der Waals surface area contributed by atoms with Crippen LogP contribution in [0.4, 0.5) is 0 Å². The van der Waals surface area contributed by atoms with E-state index in [1.165, 1.54) is 17.5 Å². The van der Waals surface area contributed by atoms with Gasteiger partial charge in [0.15, 0.2) is 0 Å². The minimum absolute atomic E-state index is 1.03. The Morgan fingerprint density at radius 2 is 2.07 bits per heavy atom. The molecule has 0 radical (unpaired) electrons. The van der Waals surface area contributed by atoms with E-state index in [9.17, 15) is 0 Å². The molecule has 0 aliphatic heterocycles. The van der Waals surface area contributed by atoms with Crippen molar-refractivity contribution in [2.45, 2.75) is 19.8 Å². The molecule has 0 fully saturated rings. The highest BCUT2D eigenvalue weighted by Crippen LogP contribution is 2.27. The van der Waals surface area contributed by atoms with Crippen LogP contribution in [0.5, 0.6) is 0 Å². The summed E-state index contributed by atoms with van der Waals surface area (Å²) >= 11 is 0. The fourth-order valence-corrected chi connectivity index (χ4v) is 1.91. The molecule has 2 aromatic heterocycles. The Morgan fingerprint density at radius 3 is 2.64 bits per heavy atom. The molecule has 2 heterocycles. The second-order valence-electron chi connectivity index (χ2n) is 4.24. The molecule has 0 atom stereocenters. The van der Waals surface area contributed by atoms with E-state index in [0.717, 1.165) is 24.1 Å². The van der Waals surface area contributed by atoms with E-state index in [4.69, 9.17) is 4.42 Å². The molecule has 0 N–H and O–H groups in total. The molecule has 0 spiro atoms. The molecule has 2 aromatic rings. The van der Waals surface area contributed by atoms with E-state index < -0.39 is 0 Å². The molecule has 0 saturated heterocycles. The van der Waals surface area contributed by atoms with Gasteiger partial charge in [-0.1, -0.05) is 0 Å². The number of aryl methyl sites for hydroxylation is 2. The van der Waals surface area contributed by atoms with Crippen LogP contribution in [0.1, 0.15) is 17.5 Å². The number of nitrogens with zero attached hydrogens (tertiary/aromatic N) is 1. The van der Waals surface area contributed by atoms with Crippen molar-refractivity contribution in [1.29, 1.82) is 0 Å². The zero-order valence-corrected chi connectivity index (χ0v) is 9.13. The second-order valence-corrected chi connectivity index (χ2v) is 4.24. The Hall–Kier alpha value is -1.02. The number of fused-ring (bicyclic) bond motifs is 2. The van der Waals surface area contributed by atoms with Gasteiger partial charge in [0.2, 0.25) is 0 Å². The van der Waals surface area contributed by atoms with Crippen molar-refractivity contribution >= 4 is 11.2 Å². The van der Waals surface area contributed by atoms with Crippen molar-refractivity contribution in [2.75, 3.05) is 20.6 Å². The lowest BCUT2D eigenvalue weighted by molar-refractivity contribution is 0.400. The number of hydrogen-bond acceptors (Lipinski definition) is 2. The van der Waals surface area contributed by atoms with Crippen molar-refractivity contribution in [2.24, 2.45) is 0 Å². The Balaban J connectivity index is 2.00. The van der Waals surface area contributed by atoms with Crippen LogP contribution in [0, 0.1) is 6.92 Å². The van der Waals surface area contributed by atoms with E-state index in [1.807, 2.05) is 0 Å². The van der Waals surface area contributed by atoms with Crippen LogP contribution in [-0.2, 0) is 6.42 Å². The Kier molecular flexibility index (Phi) is 2.46. The van der Waals surface area contributed by atoms with E-state index >= 15 is 0 Å². The molecular weight excluding hydrogens is 174 g/mol. The lowest BCUT2D eigenvalue weighted by atomic mass is 10.1. The molecule has 2 nitrogen and oxygen atoms in total. The molecule has 0 aliphatic carbocycles. The van der Waals surface area contributed by atoms with Gasteiger partial charge in [0.05, 0.1) is 0 Å². The lowest BCUT2D eigenvalue weighted by Crippen LogP contribution is -2.13. The maximum Gasteiger partial charge on any atom is 0.133 e. The van der Waals surface area contributed by atoms with Gasteiger partial charge in [-0.25, -0.2) is 0 Å². The van der Waals surface area contributed by atoms with Crippen molar-refractivity contribution in [3.8, 4) is 0 Å². The molecule has 2 rings (SSSR count). The van der Waals surface area contributed by atoms with Crippen molar-refractivity contribution < 1.29 is 4.42 Å². The Morgan fingerprint density at radius 1 is 1.29 bits per heavy atom. The highest BCUT2D eigenvalue weighted by atomic mass is 16.3. The van der Waals surface area contributed by atoms with Gasteiger partial charge >= 0.3 is 0 Å². The van der Waals surface area contributed by atoms with Crippen LogP contribution < -0.4 is 0 Å². The number of furan rings is 2. The van der Waals surface area contributed by atoms with Crippen LogP contribution in [-0.4, -0.2) is 25.5 Å².